The number of ether oxygens (including phenoxy) is 2. The van der Waals surface area contributed by atoms with Crippen LogP contribution in [0, 0.1) is 0 Å². The van der Waals surface area contributed by atoms with Gasteiger partial charge in [-0.15, -0.1) is 0 Å². The SMILES string of the molecule is CN(C)C=C1C(=O)OC(C)(C)OC1=O. The minimum Gasteiger partial charge on any atom is -0.419 e. The van der Waals surface area contributed by atoms with Crippen molar-refractivity contribution in [3.05, 3.63) is 11.8 Å². The minimum absolute atomic E-state index is 0.0886. The van der Waals surface area contributed by atoms with E-state index < -0.39 is 17.7 Å². The summed E-state index contributed by atoms with van der Waals surface area (Å²) in [6, 6.07) is 0. The molecule has 1 aliphatic heterocycles. The number of rotatable bonds is 1. The summed E-state index contributed by atoms with van der Waals surface area (Å²) >= 11 is 0. The van der Waals surface area contributed by atoms with E-state index in [0.717, 1.165) is 0 Å². The van der Waals surface area contributed by atoms with Crippen molar-refractivity contribution in [1.29, 1.82) is 0 Å². The predicted octanol–water partition coefficient (Wildman–Crippen LogP) is 0.268. The van der Waals surface area contributed by atoms with Crippen molar-refractivity contribution in [1.82, 2.24) is 4.90 Å². The molecule has 1 rings (SSSR count). The van der Waals surface area contributed by atoms with Gasteiger partial charge in [0.1, 0.15) is 0 Å². The van der Waals surface area contributed by atoms with Crippen molar-refractivity contribution in [2.75, 3.05) is 14.1 Å². The molecule has 1 saturated heterocycles. The normalized spacial score (nSPS) is 19.9. The van der Waals surface area contributed by atoms with Crippen LogP contribution >= 0.6 is 0 Å². The summed E-state index contributed by atoms with van der Waals surface area (Å²) in [5.41, 5.74) is -0.0886. The lowest BCUT2D eigenvalue weighted by Crippen LogP contribution is -2.42. The number of hydrogen-bond acceptors (Lipinski definition) is 5. The van der Waals surface area contributed by atoms with Crippen molar-refractivity contribution in [2.45, 2.75) is 19.6 Å². The Labute approximate surface area is 82.3 Å². The maximum atomic E-state index is 11.3. The van der Waals surface area contributed by atoms with Crippen LogP contribution in [0.2, 0.25) is 0 Å². The van der Waals surface area contributed by atoms with Crippen LogP contribution in [0.15, 0.2) is 11.8 Å². The van der Waals surface area contributed by atoms with E-state index in [4.69, 9.17) is 9.47 Å². The molecule has 0 aromatic heterocycles. The molecular weight excluding hydrogens is 186 g/mol. The highest BCUT2D eigenvalue weighted by Crippen LogP contribution is 2.22. The number of carbonyl (C=O) groups excluding carboxylic acids is 2. The number of nitrogens with zero attached hydrogens (tertiary/aromatic N) is 1. The zero-order valence-electron chi connectivity index (χ0n) is 8.66. The zero-order valence-corrected chi connectivity index (χ0v) is 8.66. The van der Waals surface area contributed by atoms with Crippen molar-refractivity contribution >= 4 is 11.9 Å². The molecule has 0 bridgehead atoms. The number of carbonyl (C=O) groups is 2. The molecule has 0 unspecified atom stereocenters. The zero-order chi connectivity index (χ0) is 10.9. The molecule has 0 aromatic rings. The van der Waals surface area contributed by atoms with E-state index in [1.54, 1.807) is 19.0 Å². The van der Waals surface area contributed by atoms with Crippen LogP contribution in [0.5, 0.6) is 0 Å². The third-order valence-corrected chi connectivity index (χ3v) is 1.50. The molecule has 0 N–H and O–H groups in total. The molecule has 1 aliphatic rings. The van der Waals surface area contributed by atoms with E-state index in [2.05, 4.69) is 0 Å². The lowest BCUT2D eigenvalue weighted by atomic mass is 10.2. The molecule has 78 valence electrons. The summed E-state index contributed by atoms with van der Waals surface area (Å²) in [5.74, 6) is -2.47. The Morgan fingerprint density at radius 2 is 1.57 bits per heavy atom. The third-order valence-electron chi connectivity index (χ3n) is 1.50. The Kier molecular flexibility index (Phi) is 2.51. The van der Waals surface area contributed by atoms with Gasteiger partial charge >= 0.3 is 11.9 Å². The molecule has 0 atom stereocenters. The van der Waals surface area contributed by atoms with E-state index in [1.807, 2.05) is 0 Å². The molecule has 0 aromatic carbocycles. The maximum absolute atomic E-state index is 11.3. The Balaban J connectivity index is 2.92. The Bertz CT molecular complexity index is 282. The van der Waals surface area contributed by atoms with Gasteiger partial charge in [0.2, 0.25) is 0 Å². The van der Waals surface area contributed by atoms with Gasteiger partial charge in [-0.25, -0.2) is 9.59 Å². The topological polar surface area (TPSA) is 55.8 Å². The second-order valence-corrected chi connectivity index (χ2v) is 3.69. The van der Waals surface area contributed by atoms with Crippen LogP contribution in [0.25, 0.3) is 0 Å². The van der Waals surface area contributed by atoms with E-state index in [-0.39, 0.29) is 5.57 Å². The van der Waals surface area contributed by atoms with Crippen molar-refractivity contribution in [3.8, 4) is 0 Å². The van der Waals surface area contributed by atoms with Gasteiger partial charge in [0.05, 0.1) is 0 Å². The van der Waals surface area contributed by atoms with Gasteiger partial charge in [-0.1, -0.05) is 0 Å². The molecule has 0 saturated carbocycles. The van der Waals surface area contributed by atoms with Crippen molar-refractivity contribution in [2.24, 2.45) is 0 Å². The van der Waals surface area contributed by atoms with Crippen molar-refractivity contribution < 1.29 is 19.1 Å². The molecule has 0 aliphatic carbocycles. The summed E-state index contributed by atoms with van der Waals surface area (Å²) in [6.45, 7) is 3.02. The largest absolute Gasteiger partial charge is 0.419 e. The first kappa shape index (κ1) is 10.6. The number of esters is 2. The quantitative estimate of drug-likeness (QED) is 0.344. The van der Waals surface area contributed by atoms with E-state index in [1.165, 1.54) is 20.0 Å². The fourth-order valence-corrected chi connectivity index (χ4v) is 1.02. The van der Waals surface area contributed by atoms with E-state index >= 15 is 0 Å². The maximum Gasteiger partial charge on any atom is 0.350 e. The van der Waals surface area contributed by atoms with Gasteiger partial charge < -0.3 is 14.4 Å². The average Bonchev–Trinajstić information content (AvgIpc) is 1.94. The molecule has 0 spiro atoms. The predicted molar refractivity (Wildman–Crippen MR) is 48.0 cm³/mol. The highest BCUT2D eigenvalue weighted by molar-refractivity contribution is 6.15. The summed E-state index contributed by atoms with van der Waals surface area (Å²) in [4.78, 5) is 24.3. The molecule has 0 radical (unpaired) electrons. The summed E-state index contributed by atoms with van der Waals surface area (Å²) in [6.07, 6.45) is 1.37. The van der Waals surface area contributed by atoms with Gasteiger partial charge in [0.15, 0.2) is 5.57 Å². The molecule has 5 heteroatoms. The van der Waals surface area contributed by atoms with Crippen molar-refractivity contribution in [3.63, 3.8) is 0 Å². The number of hydrogen-bond donors (Lipinski definition) is 0. The lowest BCUT2D eigenvalue weighted by molar-refractivity contribution is -0.222. The fourth-order valence-electron chi connectivity index (χ4n) is 1.02. The molecular formula is C9H13NO4. The lowest BCUT2D eigenvalue weighted by Gasteiger charge is -2.30. The van der Waals surface area contributed by atoms with Crippen LogP contribution < -0.4 is 0 Å². The van der Waals surface area contributed by atoms with Crippen LogP contribution in [0.3, 0.4) is 0 Å². The first-order valence-electron chi connectivity index (χ1n) is 4.17. The molecule has 1 fully saturated rings. The van der Waals surface area contributed by atoms with Crippen LogP contribution in [-0.2, 0) is 19.1 Å². The second kappa shape index (κ2) is 3.32. The third kappa shape index (κ3) is 2.25. The summed E-state index contributed by atoms with van der Waals surface area (Å²) in [5, 5.41) is 0. The highest BCUT2D eigenvalue weighted by Gasteiger charge is 2.38. The van der Waals surface area contributed by atoms with E-state index in [9.17, 15) is 9.59 Å². The highest BCUT2D eigenvalue weighted by atomic mass is 16.7. The Morgan fingerprint density at radius 1 is 1.14 bits per heavy atom. The Hall–Kier alpha value is -1.52. The Morgan fingerprint density at radius 3 is 1.93 bits per heavy atom. The van der Waals surface area contributed by atoms with E-state index in [0.29, 0.717) is 0 Å². The first-order chi connectivity index (χ1) is 6.32. The van der Waals surface area contributed by atoms with Gasteiger partial charge in [-0.2, -0.15) is 0 Å². The van der Waals surface area contributed by atoms with Crippen LogP contribution in [-0.4, -0.2) is 36.7 Å². The molecule has 14 heavy (non-hydrogen) atoms. The van der Waals surface area contributed by atoms with Gasteiger partial charge in [-0.3, -0.25) is 0 Å². The van der Waals surface area contributed by atoms with Gasteiger partial charge in [-0.05, 0) is 0 Å². The minimum atomic E-state index is -1.17. The van der Waals surface area contributed by atoms with Crippen LogP contribution in [0.1, 0.15) is 13.8 Å². The molecule has 1 heterocycles. The fraction of sp³-hybridized carbons (Fsp3) is 0.556. The first-order valence-corrected chi connectivity index (χ1v) is 4.17. The number of cyclic esters (lactones) is 2. The molecule has 0 amide bonds. The van der Waals surface area contributed by atoms with Gasteiger partial charge in [0, 0.05) is 34.1 Å². The van der Waals surface area contributed by atoms with Gasteiger partial charge in [0.25, 0.3) is 5.79 Å². The monoisotopic (exact) mass is 199 g/mol. The smallest absolute Gasteiger partial charge is 0.350 e. The standard InChI is InChI=1S/C9H13NO4/c1-9(2)13-7(11)6(5-10(3)4)8(12)14-9/h5H,1-4H3. The summed E-state index contributed by atoms with van der Waals surface area (Å²) in [7, 11) is 3.40. The average molecular weight is 199 g/mol. The second-order valence-electron chi connectivity index (χ2n) is 3.69. The van der Waals surface area contributed by atoms with Crippen LogP contribution in [0.4, 0.5) is 0 Å². The summed E-state index contributed by atoms with van der Waals surface area (Å²) < 4.78 is 9.76. The molecule has 5 nitrogen and oxygen atoms in total.